The molecule has 0 aliphatic carbocycles. The zero-order valence-electron chi connectivity index (χ0n) is 12.5. The molecule has 0 aromatic carbocycles. The summed E-state index contributed by atoms with van der Waals surface area (Å²) in [6.45, 7) is 1.30. The highest BCUT2D eigenvalue weighted by Crippen LogP contribution is 2.25. The number of thiophene rings is 1. The Morgan fingerprint density at radius 3 is 2.65 bits per heavy atom. The van der Waals surface area contributed by atoms with Gasteiger partial charge in [-0.2, -0.15) is 13.2 Å². The number of alkyl halides is 3. The van der Waals surface area contributed by atoms with E-state index in [1.807, 2.05) is 6.07 Å². The molecule has 1 atom stereocenters. The van der Waals surface area contributed by atoms with Gasteiger partial charge in [0.25, 0.3) is 0 Å². The summed E-state index contributed by atoms with van der Waals surface area (Å²) in [6, 6.07) is 1.92. The van der Waals surface area contributed by atoms with Gasteiger partial charge in [-0.05, 0) is 18.6 Å². The van der Waals surface area contributed by atoms with Crippen molar-refractivity contribution in [1.29, 1.82) is 0 Å². The van der Waals surface area contributed by atoms with Gasteiger partial charge in [-0.25, -0.2) is 0 Å². The predicted molar refractivity (Wildman–Crippen MR) is 84.9 cm³/mol. The highest BCUT2D eigenvalue weighted by Gasteiger charge is 2.43. The molecule has 0 spiro atoms. The Hall–Kier alpha value is -0.830. The highest BCUT2D eigenvalue weighted by molar-refractivity contribution is 7.16. The molecule has 2 N–H and O–H groups in total. The van der Waals surface area contributed by atoms with E-state index >= 15 is 0 Å². The summed E-state index contributed by atoms with van der Waals surface area (Å²) in [5.74, 6) is -0.376. The number of nitrogens with one attached hydrogen (secondary N) is 2. The Morgan fingerprint density at radius 2 is 2.09 bits per heavy atom. The van der Waals surface area contributed by atoms with Gasteiger partial charge in [-0.3, -0.25) is 9.69 Å². The summed E-state index contributed by atoms with van der Waals surface area (Å²) < 4.78 is 40.2. The molecule has 130 valence electrons. The fourth-order valence-electron chi connectivity index (χ4n) is 2.47. The van der Waals surface area contributed by atoms with E-state index < -0.39 is 18.8 Å². The summed E-state index contributed by atoms with van der Waals surface area (Å²) in [5.41, 5.74) is 0. The van der Waals surface area contributed by atoms with Gasteiger partial charge in [-0.1, -0.05) is 11.6 Å². The van der Waals surface area contributed by atoms with Gasteiger partial charge >= 0.3 is 6.18 Å². The van der Waals surface area contributed by atoms with Gasteiger partial charge in [0.2, 0.25) is 5.91 Å². The van der Waals surface area contributed by atoms with E-state index in [-0.39, 0.29) is 12.3 Å². The van der Waals surface area contributed by atoms with Crippen molar-refractivity contribution in [1.82, 2.24) is 15.5 Å². The standard InChI is InChI=1S/C14H19ClF3N3OS/c15-12-3-1-10(23-12)2-4-13(22)20-9-11(14(16,17)18)21-7-5-19-6-8-21/h1,3,11,19H,2,4-9H2,(H,20,22). The fourth-order valence-corrected chi connectivity index (χ4v) is 3.55. The quantitative estimate of drug-likeness (QED) is 0.808. The summed E-state index contributed by atoms with van der Waals surface area (Å²) in [5, 5.41) is 5.43. The molecule has 1 saturated heterocycles. The summed E-state index contributed by atoms with van der Waals surface area (Å²) in [4.78, 5) is 14.1. The van der Waals surface area contributed by atoms with Gasteiger partial charge in [0.15, 0.2) is 0 Å². The molecule has 1 amide bonds. The molecule has 23 heavy (non-hydrogen) atoms. The van der Waals surface area contributed by atoms with Crippen molar-refractivity contribution >= 4 is 28.8 Å². The van der Waals surface area contributed by atoms with Crippen LogP contribution < -0.4 is 10.6 Å². The van der Waals surface area contributed by atoms with E-state index in [2.05, 4.69) is 10.6 Å². The van der Waals surface area contributed by atoms with Crippen molar-refractivity contribution in [3.63, 3.8) is 0 Å². The van der Waals surface area contributed by atoms with Crippen LogP contribution in [0, 0.1) is 0 Å². The Bertz CT molecular complexity index is 518. The minimum Gasteiger partial charge on any atom is -0.354 e. The summed E-state index contributed by atoms with van der Waals surface area (Å²) in [6.07, 6.45) is -3.72. The van der Waals surface area contributed by atoms with Crippen LogP contribution in [0.2, 0.25) is 4.34 Å². The molecule has 0 bridgehead atoms. The number of nitrogens with zero attached hydrogens (tertiary/aromatic N) is 1. The first-order valence-corrected chi connectivity index (χ1v) is 8.58. The first kappa shape index (κ1) is 18.5. The Kier molecular flexibility index (Phi) is 6.70. The van der Waals surface area contributed by atoms with Gasteiger partial charge in [0.05, 0.1) is 4.34 Å². The zero-order valence-corrected chi connectivity index (χ0v) is 14.0. The lowest BCUT2D eigenvalue weighted by Gasteiger charge is -2.35. The normalized spacial score (nSPS) is 17.9. The van der Waals surface area contributed by atoms with E-state index in [9.17, 15) is 18.0 Å². The number of rotatable bonds is 6. The molecule has 9 heteroatoms. The molecule has 2 heterocycles. The third-order valence-electron chi connectivity index (χ3n) is 3.69. The predicted octanol–water partition coefficient (Wildman–Crippen LogP) is 2.29. The van der Waals surface area contributed by atoms with E-state index in [0.717, 1.165) is 4.88 Å². The van der Waals surface area contributed by atoms with Gasteiger partial charge in [0, 0.05) is 44.0 Å². The molecule has 4 nitrogen and oxygen atoms in total. The zero-order chi connectivity index (χ0) is 16.9. The number of hydrogen-bond acceptors (Lipinski definition) is 4. The molecular formula is C14H19ClF3N3OS. The second-order valence-corrected chi connectivity index (χ2v) is 7.15. The number of hydrogen-bond donors (Lipinski definition) is 2. The number of carbonyl (C=O) groups excluding carboxylic acids is 1. The van der Waals surface area contributed by atoms with Gasteiger partial charge in [-0.15, -0.1) is 11.3 Å². The molecule has 1 aromatic heterocycles. The highest BCUT2D eigenvalue weighted by atomic mass is 35.5. The average Bonchev–Trinajstić information content (AvgIpc) is 2.91. The fraction of sp³-hybridized carbons (Fsp3) is 0.643. The second-order valence-electron chi connectivity index (χ2n) is 5.35. The van der Waals surface area contributed by atoms with Crippen LogP contribution in [-0.4, -0.2) is 55.7 Å². The van der Waals surface area contributed by atoms with Crippen LogP contribution >= 0.6 is 22.9 Å². The monoisotopic (exact) mass is 369 g/mol. The molecule has 0 radical (unpaired) electrons. The molecule has 1 fully saturated rings. The SMILES string of the molecule is O=C(CCc1ccc(Cl)s1)NCC(N1CCNCC1)C(F)(F)F. The number of amides is 1. The van der Waals surface area contributed by atoms with Crippen LogP contribution in [0.15, 0.2) is 12.1 Å². The molecule has 1 unspecified atom stereocenters. The number of aryl methyl sites for hydroxylation is 1. The van der Waals surface area contributed by atoms with Crippen molar-refractivity contribution in [2.75, 3.05) is 32.7 Å². The lowest BCUT2D eigenvalue weighted by atomic mass is 10.2. The smallest absolute Gasteiger partial charge is 0.354 e. The summed E-state index contributed by atoms with van der Waals surface area (Å²) in [7, 11) is 0. The maximum absolute atomic E-state index is 13.2. The molecule has 1 aliphatic rings. The van der Waals surface area contributed by atoms with Crippen LogP contribution in [0.3, 0.4) is 0 Å². The molecule has 1 aliphatic heterocycles. The van der Waals surface area contributed by atoms with E-state index in [0.29, 0.717) is 36.9 Å². The van der Waals surface area contributed by atoms with Crippen molar-refractivity contribution < 1.29 is 18.0 Å². The van der Waals surface area contributed by atoms with E-state index in [1.165, 1.54) is 16.2 Å². The molecule has 0 saturated carbocycles. The lowest BCUT2D eigenvalue weighted by molar-refractivity contribution is -0.184. The molecule has 1 aromatic rings. The molecule has 2 rings (SSSR count). The molecular weight excluding hydrogens is 351 g/mol. The third-order valence-corrected chi connectivity index (χ3v) is 4.98. The minimum atomic E-state index is -4.36. The average molecular weight is 370 g/mol. The van der Waals surface area contributed by atoms with Crippen LogP contribution in [0.25, 0.3) is 0 Å². The summed E-state index contributed by atoms with van der Waals surface area (Å²) >= 11 is 7.17. The number of carbonyl (C=O) groups is 1. The van der Waals surface area contributed by atoms with Crippen LogP contribution in [0.1, 0.15) is 11.3 Å². The van der Waals surface area contributed by atoms with Crippen molar-refractivity contribution in [3.8, 4) is 0 Å². The Morgan fingerprint density at radius 1 is 1.39 bits per heavy atom. The van der Waals surface area contributed by atoms with Crippen LogP contribution in [0.5, 0.6) is 0 Å². The van der Waals surface area contributed by atoms with Crippen molar-refractivity contribution in [3.05, 3.63) is 21.3 Å². The number of halogens is 4. The Balaban J connectivity index is 1.81. The Labute approximate surface area is 142 Å². The van der Waals surface area contributed by atoms with Crippen molar-refractivity contribution in [2.45, 2.75) is 25.1 Å². The number of piperazine rings is 1. The van der Waals surface area contributed by atoms with Gasteiger partial charge < -0.3 is 10.6 Å². The minimum absolute atomic E-state index is 0.156. The van der Waals surface area contributed by atoms with Crippen molar-refractivity contribution in [2.24, 2.45) is 0 Å². The third kappa shape index (κ3) is 5.95. The topological polar surface area (TPSA) is 44.4 Å². The first-order chi connectivity index (χ1) is 10.9. The maximum Gasteiger partial charge on any atom is 0.405 e. The van der Waals surface area contributed by atoms with Gasteiger partial charge in [0.1, 0.15) is 6.04 Å². The van der Waals surface area contributed by atoms with E-state index in [1.54, 1.807) is 6.07 Å². The largest absolute Gasteiger partial charge is 0.405 e. The van der Waals surface area contributed by atoms with Crippen LogP contribution in [0.4, 0.5) is 13.2 Å². The lowest BCUT2D eigenvalue weighted by Crippen LogP contribution is -2.57. The van der Waals surface area contributed by atoms with Crippen LogP contribution in [-0.2, 0) is 11.2 Å². The maximum atomic E-state index is 13.2. The van der Waals surface area contributed by atoms with E-state index in [4.69, 9.17) is 11.6 Å². The first-order valence-electron chi connectivity index (χ1n) is 7.38. The second kappa shape index (κ2) is 8.32.